The molecule has 4 heteroatoms. The van der Waals surface area contributed by atoms with Gasteiger partial charge in [0.25, 0.3) is 0 Å². The average Bonchev–Trinajstić information content (AvgIpc) is 3.45. The third kappa shape index (κ3) is 4.71. The molecule has 6 rings (SSSR count). The molecule has 0 unspecified atom stereocenters. The second kappa shape index (κ2) is 10.4. The van der Waals surface area contributed by atoms with Crippen LogP contribution in [0.3, 0.4) is 0 Å². The Labute approximate surface area is 215 Å². The fourth-order valence-electron chi connectivity index (χ4n) is 4.46. The minimum atomic E-state index is -0.361. The second-order valence-electron chi connectivity index (χ2n) is 8.51. The summed E-state index contributed by atoms with van der Waals surface area (Å²) in [6.07, 6.45) is 17.3. The van der Waals surface area contributed by atoms with Gasteiger partial charge >= 0.3 is 196 Å². The Balaban J connectivity index is 0.000000806. The molecule has 1 aliphatic heterocycles. The normalized spacial score (nSPS) is 13.3. The molecule has 0 bridgehead atoms. The summed E-state index contributed by atoms with van der Waals surface area (Å²) >= 11 is -0.361. The monoisotopic (exact) mass is 534 g/mol. The number of aryl methyl sites for hydroxylation is 1. The van der Waals surface area contributed by atoms with Gasteiger partial charge in [-0.3, -0.25) is 0 Å². The van der Waals surface area contributed by atoms with Crippen LogP contribution in [0.1, 0.15) is 29.4 Å². The van der Waals surface area contributed by atoms with E-state index in [1.54, 1.807) is 6.08 Å². The molecule has 3 aromatic heterocycles. The molecule has 0 N–H and O–H groups in total. The van der Waals surface area contributed by atoms with Gasteiger partial charge < -0.3 is 0 Å². The zero-order valence-electron chi connectivity index (χ0n) is 20.0. The van der Waals surface area contributed by atoms with Crippen LogP contribution in [0.5, 0.6) is 0 Å². The molecule has 0 radical (unpaired) electrons. The number of nitrogens with zero attached hydrogens (tertiary/aromatic N) is 3. The number of benzene rings is 1. The van der Waals surface area contributed by atoms with Crippen molar-refractivity contribution in [3.05, 3.63) is 114 Å². The zero-order valence-corrected chi connectivity index (χ0v) is 22.2. The van der Waals surface area contributed by atoms with E-state index in [2.05, 4.69) is 98.3 Å². The standard InChI is InChI=1S/C28H21N3.C3H6.Nb/c1-4-20(3)25-16-22(21-9-8-14-29-18-21)17-28(30-25)31-26-11-7-5-6-10-23(26)24-15-19(2)12-13-27(24)31;1-3-2;/h1,3-10,12-18H,11H2,2H3;3H,1H2,2H3;. The quantitative estimate of drug-likeness (QED) is 0.214. The number of rotatable bonds is 3. The summed E-state index contributed by atoms with van der Waals surface area (Å²) in [5.74, 6) is 0.962. The number of hydrogen-bond donors (Lipinski definition) is 0. The Hall–Kier alpha value is -3.50. The first kappa shape index (κ1) is 23.3. The molecule has 0 saturated carbocycles. The van der Waals surface area contributed by atoms with Gasteiger partial charge in [0.1, 0.15) is 0 Å². The van der Waals surface area contributed by atoms with Crippen LogP contribution in [0.2, 0.25) is 0 Å². The Kier molecular flexibility index (Phi) is 6.91. The van der Waals surface area contributed by atoms with Gasteiger partial charge in [-0.05, 0) is 6.92 Å². The van der Waals surface area contributed by atoms with Crippen molar-refractivity contribution in [1.29, 1.82) is 0 Å². The van der Waals surface area contributed by atoms with Crippen molar-refractivity contribution in [2.75, 3.05) is 0 Å². The number of fused-ring (bicyclic) bond motifs is 3. The van der Waals surface area contributed by atoms with Crippen molar-refractivity contribution in [2.24, 2.45) is 0 Å². The van der Waals surface area contributed by atoms with Crippen molar-refractivity contribution >= 4 is 31.0 Å². The van der Waals surface area contributed by atoms with Crippen molar-refractivity contribution in [2.45, 2.75) is 20.3 Å². The van der Waals surface area contributed by atoms with Crippen LogP contribution in [-0.2, 0) is 25.2 Å². The Bertz CT molecular complexity index is 1580. The molecule has 1 aliphatic carbocycles. The van der Waals surface area contributed by atoms with Crippen LogP contribution < -0.4 is 0 Å². The predicted octanol–water partition coefficient (Wildman–Crippen LogP) is 6.80. The average molecular weight is 534 g/mol. The van der Waals surface area contributed by atoms with E-state index in [-0.39, 0.29) is 18.8 Å². The summed E-state index contributed by atoms with van der Waals surface area (Å²) in [7, 11) is 0. The van der Waals surface area contributed by atoms with Crippen molar-refractivity contribution < 1.29 is 18.8 Å². The summed E-state index contributed by atoms with van der Waals surface area (Å²) in [6, 6.07) is 15.2. The molecule has 0 saturated heterocycles. The van der Waals surface area contributed by atoms with Crippen molar-refractivity contribution in [3.63, 3.8) is 0 Å². The van der Waals surface area contributed by atoms with Crippen molar-refractivity contribution in [3.8, 4) is 16.9 Å². The van der Waals surface area contributed by atoms with Gasteiger partial charge in [-0.2, -0.15) is 0 Å². The summed E-state index contributed by atoms with van der Waals surface area (Å²) in [5, 5.41) is 1.28. The van der Waals surface area contributed by atoms with E-state index in [0.717, 1.165) is 29.1 Å². The van der Waals surface area contributed by atoms with E-state index in [9.17, 15) is 0 Å². The van der Waals surface area contributed by atoms with Crippen LogP contribution in [-0.4, -0.2) is 23.0 Å². The number of pyridine rings is 2. The second-order valence-corrected chi connectivity index (χ2v) is 10.6. The summed E-state index contributed by atoms with van der Waals surface area (Å²) in [6.45, 7) is 7.41. The molecular formula is C31H27N3Nb. The zero-order chi connectivity index (χ0) is 24.2. The van der Waals surface area contributed by atoms with E-state index in [1.807, 2.05) is 25.4 Å². The first-order valence-electron chi connectivity index (χ1n) is 11.7. The maximum absolute atomic E-state index is 5.19. The van der Waals surface area contributed by atoms with Crippen LogP contribution >= 0.6 is 0 Å². The van der Waals surface area contributed by atoms with E-state index in [1.165, 1.54) is 33.3 Å². The fourth-order valence-corrected chi connectivity index (χ4v) is 6.21. The molecular weight excluding hydrogens is 507 g/mol. The molecule has 0 amide bonds. The molecule has 0 atom stereocenters. The number of allylic oxidation sites excluding steroid dienone is 6. The number of hydrogen-bond acceptors (Lipinski definition) is 2. The maximum atomic E-state index is 5.19. The fraction of sp³-hybridized carbons (Fsp3) is 0.0968. The molecule has 3 nitrogen and oxygen atoms in total. The first-order chi connectivity index (χ1) is 17.2. The summed E-state index contributed by atoms with van der Waals surface area (Å²) < 4.78 is 7.07. The first-order valence-corrected chi connectivity index (χ1v) is 14.3. The third-order valence-corrected chi connectivity index (χ3v) is 7.81. The summed E-state index contributed by atoms with van der Waals surface area (Å²) in [4.78, 5) is 9.55. The van der Waals surface area contributed by atoms with Gasteiger partial charge in [0, 0.05) is 0 Å². The van der Waals surface area contributed by atoms with Crippen LogP contribution in [0, 0.1) is 6.92 Å². The SMILES string of the molecule is C=CC.Cc1ccc2c(c1)c1c(n2-c2cc(-c3cccnc3)cc(C3=C[CH]=[Nb]=[CH]3)n2)CC=CC=C1. The summed E-state index contributed by atoms with van der Waals surface area (Å²) in [5.41, 5.74) is 9.57. The van der Waals surface area contributed by atoms with Crippen LogP contribution in [0.4, 0.5) is 0 Å². The van der Waals surface area contributed by atoms with Gasteiger partial charge in [0.15, 0.2) is 0 Å². The molecule has 4 heterocycles. The Morgan fingerprint density at radius 2 is 1.97 bits per heavy atom. The molecule has 35 heavy (non-hydrogen) atoms. The van der Waals surface area contributed by atoms with E-state index in [4.69, 9.17) is 4.98 Å². The molecule has 1 aromatic carbocycles. The Morgan fingerprint density at radius 1 is 1.09 bits per heavy atom. The Morgan fingerprint density at radius 3 is 2.74 bits per heavy atom. The van der Waals surface area contributed by atoms with Gasteiger partial charge in [0.2, 0.25) is 0 Å². The van der Waals surface area contributed by atoms with Gasteiger partial charge in [-0.1, -0.05) is 6.08 Å². The van der Waals surface area contributed by atoms with Crippen LogP contribution in [0.15, 0.2) is 91.8 Å². The van der Waals surface area contributed by atoms with Gasteiger partial charge in [-0.25, -0.2) is 0 Å². The van der Waals surface area contributed by atoms with E-state index < -0.39 is 0 Å². The predicted molar refractivity (Wildman–Crippen MR) is 147 cm³/mol. The third-order valence-electron chi connectivity index (χ3n) is 5.97. The van der Waals surface area contributed by atoms with Crippen LogP contribution in [0.25, 0.3) is 39.5 Å². The molecule has 0 spiro atoms. The number of aromatic nitrogens is 3. The molecule has 4 aromatic rings. The van der Waals surface area contributed by atoms with E-state index >= 15 is 0 Å². The minimum absolute atomic E-state index is 0.361. The van der Waals surface area contributed by atoms with E-state index in [0.29, 0.717) is 0 Å². The van der Waals surface area contributed by atoms with Crippen molar-refractivity contribution in [1.82, 2.24) is 14.5 Å². The van der Waals surface area contributed by atoms with Gasteiger partial charge in [0.05, 0.1) is 0 Å². The molecule has 2 aliphatic rings. The molecule has 171 valence electrons. The topological polar surface area (TPSA) is 30.7 Å². The van der Waals surface area contributed by atoms with Gasteiger partial charge in [-0.15, -0.1) is 6.58 Å². The molecule has 0 fully saturated rings.